The quantitative estimate of drug-likeness (QED) is 0.264. The van der Waals surface area contributed by atoms with Gasteiger partial charge in [-0.15, -0.1) is 0 Å². The number of amides is 1. The highest BCUT2D eigenvalue weighted by molar-refractivity contribution is 6.51. The van der Waals surface area contributed by atoms with Gasteiger partial charge in [-0.25, -0.2) is 0 Å². The zero-order chi connectivity index (χ0) is 22.9. The van der Waals surface area contributed by atoms with Gasteiger partial charge in [-0.3, -0.25) is 19.5 Å². The number of aromatic nitrogens is 1. The normalized spacial score (nSPS) is 17.6. The molecule has 0 spiro atoms. The van der Waals surface area contributed by atoms with Crippen LogP contribution in [0.15, 0.2) is 96.8 Å². The number of hydrogen-bond donors (Lipinski definition) is 1. The maximum atomic E-state index is 13.2. The third-order valence-corrected chi connectivity index (χ3v) is 6.09. The molecule has 1 fully saturated rings. The second kappa shape index (κ2) is 8.36. The molecule has 162 valence electrons. The van der Waals surface area contributed by atoms with E-state index in [0.717, 1.165) is 22.8 Å². The van der Waals surface area contributed by atoms with E-state index in [1.54, 1.807) is 24.5 Å². The van der Waals surface area contributed by atoms with E-state index in [-0.39, 0.29) is 11.3 Å². The Morgan fingerprint density at radius 1 is 0.939 bits per heavy atom. The average molecular weight is 434 g/mol. The van der Waals surface area contributed by atoms with Crippen molar-refractivity contribution in [3.05, 3.63) is 114 Å². The first-order valence-corrected chi connectivity index (χ1v) is 10.9. The number of aryl methyl sites for hydroxylation is 1. The van der Waals surface area contributed by atoms with E-state index in [4.69, 9.17) is 0 Å². The van der Waals surface area contributed by atoms with Gasteiger partial charge in [-0.1, -0.05) is 61.5 Å². The fraction of sp³-hybridized carbons (Fsp3) is 0.107. The van der Waals surface area contributed by atoms with Crippen molar-refractivity contribution < 1.29 is 14.7 Å². The summed E-state index contributed by atoms with van der Waals surface area (Å²) in [6.45, 7) is 2.06. The number of rotatable bonds is 4. The van der Waals surface area contributed by atoms with Crippen LogP contribution in [0.1, 0.15) is 29.7 Å². The lowest BCUT2D eigenvalue weighted by atomic mass is 9.95. The molecule has 1 aliphatic heterocycles. The molecule has 1 N–H and O–H groups in total. The van der Waals surface area contributed by atoms with Crippen LogP contribution in [0.2, 0.25) is 0 Å². The molecule has 5 heteroatoms. The van der Waals surface area contributed by atoms with Crippen molar-refractivity contribution in [3.8, 4) is 0 Å². The molecule has 5 nitrogen and oxygen atoms in total. The van der Waals surface area contributed by atoms with Crippen molar-refractivity contribution in [1.82, 2.24) is 4.98 Å². The molecule has 0 radical (unpaired) electrons. The Bertz CT molecular complexity index is 1390. The Balaban J connectivity index is 1.70. The Morgan fingerprint density at radius 2 is 1.70 bits per heavy atom. The molecule has 0 aliphatic carbocycles. The van der Waals surface area contributed by atoms with E-state index in [2.05, 4.69) is 11.9 Å². The van der Waals surface area contributed by atoms with Crippen molar-refractivity contribution in [2.45, 2.75) is 19.4 Å². The van der Waals surface area contributed by atoms with E-state index in [0.29, 0.717) is 16.8 Å². The van der Waals surface area contributed by atoms with E-state index < -0.39 is 17.7 Å². The van der Waals surface area contributed by atoms with E-state index in [1.807, 2.05) is 66.7 Å². The monoisotopic (exact) mass is 434 g/mol. The van der Waals surface area contributed by atoms with Gasteiger partial charge >= 0.3 is 0 Å². The van der Waals surface area contributed by atoms with E-state index in [1.165, 1.54) is 4.90 Å². The van der Waals surface area contributed by atoms with Crippen LogP contribution in [-0.4, -0.2) is 21.8 Å². The van der Waals surface area contributed by atoms with Gasteiger partial charge in [0.1, 0.15) is 5.76 Å². The number of ketones is 1. The molecule has 33 heavy (non-hydrogen) atoms. The lowest BCUT2D eigenvalue weighted by Gasteiger charge is -2.25. The summed E-state index contributed by atoms with van der Waals surface area (Å²) in [6, 6.07) is 23.6. The number of aliphatic hydroxyl groups is 1. The fourth-order valence-electron chi connectivity index (χ4n) is 4.34. The van der Waals surface area contributed by atoms with Crippen LogP contribution in [0, 0.1) is 0 Å². The summed E-state index contributed by atoms with van der Waals surface area (Å²) in [5.41, 5.74) is 2.92. The minimum Gasteiger partial charge on any atom is -0.507 e. The van der Waals surface area contributed by atoms with Crippen molar-refractivity contribution in [3.63, 3.8) is 0 Å². The third kappa shape index (κ3) is 3.57. The SMILES string of the molecule is CCc1ccc(N2C(=O)C(=O)/C(=C(\O)c3ccc4ccccc4c3)C2c2cccnc2)cc1. The van der Waals surface area contributed by atoms with Crippen molar-refractivity contribution in [2.24, 2.45) is 0 Å². The van der Waals surface area contributed by atoms with Crippen LogP contribution in [0.3, 0.4) is 0 Å². The summed E-state index contributed by atoms with van der Waals surface area (Å²) in [7, 11) is 0. The minimum atomic E-state index is -0.780. The number of hydrogen-bond acceptors (Lipinski definition) is 4. The zero-order valence-corrected chi connectivity index (χ0v) is 18.1. The van der Waals surface area contributed by atoms with Crippen LogP contribution in [0.5, 0.6) is 0 Å². The Labute approximate surface area is 191 Å². The van der Waals surface area contributed by atoms with Gasteiger partial charge in [-0.05, 0) is 52.6 Å². The highest BCUT2D eigenvalue weighted by Crippen LogP contribution is 2.42. The smallest absolute Gasteiger partial charge is 0.300 e. The number of aliphatic hydroxyl groups excluding tert-OH is 1. The molecule has 0 bridgehead atoms. The second-order valence-electron chi connectivity index (χ2n) is 8.04. The molecule has 4 aromatic rings. The number of nitrogens with zero attached hydrogens (tertiary/aromatic N) is 2. The van der Waals surface area contributed by atoms with Crippen molar-refractivity contribution in [1.29, 1.82) is 0 Å². The van der Waals surface area contributed by atoms with Gasteiger partial charge in [0, 0.05) is 23.6 Å². The maximum Gasteiger partial charge on any atom is 0.300 e. The molecular weight excluding hydrogens is 412 g/mol. The van der Waals surface area contributed by atoms with E-state index >= 15 is 0 Å². The van der Waals surface area contributed by atoms with Gasteiger partial charge in [-0.2, -0.15) is 0 Å². The third-order valence-electron chi connectivity index (χ3n) is 6.09. The molecule has 1 amide bonds. The number of Topliss-reactive ketones (excluding diaryl/α,β-unsaturated/α-hetero) is 1. The summed E-state index contributed by atoms with van der Waals surface area (Å²) < 4.78 is 0. The molecular formula is C28H22N2O3. The highest BCUT2D eigenvalue weighted by Gasteiger charge is 2.47. The number of carbonyl (C=O) groups is 2. The van der Waals surface area contributed by atoms with Crippen LogP contribution in [-0.2, 0) is 16.0 Å². The lowest BCUT2D eigenvalue weighted by Crippen LogP contribution is -2.29. The molecule has 5 rings (SSSR count). The van der Waals surface area contributed by atoms with Crippen LogP contribution < -0.4 is 4.90 Å². The Kier molecular flexibility index (Phi) is 5.23. The topological polar surface area (TPSA) is 70.5 Å². The first-order chi connectivity index (χ1) is 16.1. The molecule has 3 aromatic carbocycles. The van der Waals surface area contributed by atoms with Gasteiger partial charge in [0.25, 0.3) is 11.7 Å². The molecule has 1 aliphatic rings. The summed E-state index contributed by atoms with van der Waals surface area (Å²) in [4.78, 5) is 32.1. The van der Waals surface area contributed by atoms with Crippen molar-refractivity contribution in [2.75, 3.05) is 4.90 Å². The number of pyridine rings is 1. The summed E-state index contributed by atoms with van der Waals surface area (Å²) >= 11 is 0. The van der Waals surface area contributed by atoms with Crippen LogP contribution >= 0.6 is 0 Å². The molecule has 1 atom stereocenters. The predicted molar refractivity (Wildman–Crippen MR) is 129 cm³/mol. The highest BCUT2D eigenvalue weighted by atomic mass is 16.3. The number of fused-ring (bicyclic) bond motifs is 1. The molecule has 1 aromatic heterocycles. The summed E-state index contributed by atoms with van der Waals surface area (Å²) in [6.07, 6.45) is 4.12. The molecule has 0 saturated carbocycles. The Hall–Kier alpha value is -4.25. The second-order valence-corrected chi connectivity index (χ2v) is 8.04. The number of carbonyl (C=O) groups excluding carboxylic acids is 2. The molecule has 2 heterocycles. The van der Waals surface area contributed by atoms with Gasteiger partial charge in [0.15, 0.2) is 0 Å². The molecule has 1 unspecified atom stereocenters. The van der Waals surface area contributed by atoms with E-state index in [9.17, 15) is 14.7 Å². The maximum absolute atomic E-state index is 13.2. The summed E-state index contributed by atoms with van der Waals surface area (Å²) in [5.74, 6) is -1.58. The lowest BCUT2D eigenvalue weighted by molar-refractivity contribution is -0.132. The van der Waals surface area contributed by atoms with Gasteiger partial charge in [0.2, 0.25) is 0 Å². The average Bonchev–Trinajstić information content (AvgIpc) is 3.14. The Morgan fingerprint density at radius 3 is 2.39 bits per heavy atom. The number of benzene rings is 3. The van der Waals surface area contributed by atoms with Gasteiger partial charge < -0.3 is 5.11 Å². The largest absolute Gasteiger partial charge is 0.507 e. The fourth-order valence-corrected chi connectivity index (χ4v) is 4.34. The predicted octanol–water partition coefficient (Wildman–Crippen LogP) is 5.42. The zero-order valence-electron chi connectivity index (χ0n) is 18.1. The molecule has 1 saturated heterocycles. The minimum absolute atomic E-state index is 0.0582. The first kappa shape index (κ1) is 20.6. The standard InChI is InChI=1S/C28H22N2O3/c1-2-18-9-13-23(14-10-18)30-25(22-8-5-15-29-17-22)24(27(32)28(30)33)26(31)21-12-11-19-6-3-4-7-20(19)16-21/h3-17,25,31H,2H2,1H3/b26-24-. The van der Waals surface area contributed by atoms with Gasteiger partial charge in [0.05, 0.1) is 11.6 Å². The van der Waals surface area contributed by atoms with Crippen LogP contribution in [0.25, 0.3) is 16.5 Å². The van der Waals surface area contributed by atoms with Crippen LogP contribution in [0.4, 0.5) is 5.69 Å². The summed E-state index contributed by atoms with van der Waals surface area (Å²) in [5, 5.41) is 13.3. The van der Waals surface area contributed by atoms with Crippen molar-refractivity contribution >= 4 is 33.9 Å². The first-order valence-electron chi connectivity index (χ1n) is 10.9. The number of anilines is 1.